The van der Waals surface area contributed by atoms with Crippen LogP contribution in [0.3, 0.4) is 0 Å². The second-order valence-electron chi connectivity index (χ2n) is 5.70. The first-order valence-corrected chi connectivity index (χ1v) is 9.34. The van der Waals surface area contributed by atoms with E-state index in [0.717, 1.165) is 21.8 Å². The van der Waals surface area contributed by atoms with Crippen molar-refractivity contribution in [2.75, 3.05) is 5.32 Å². The Labute approximate surface area is 167 Å². The third-order valence-corrected chi connectivity index (χ3v) is 5.44. The number of halogens is 1. The van der Waals surface area contributed by atoms with Gasteiger partial charge in [0.25, 0.3) is 11.6 Å². The summed E-state index contributed by atoms with van der Waals surface area (Å²) in [7, 11) is 1.75. The van der Waals surface area contributed by atoms with E-state index in [9.17, 15) is 14.9 Å². The molecule has 0 spiro atoms. The van der Waals surface area contributed by atoms with Crippen molar-refractivity contribution in [1.29, 1.82) is 0 Å². The summed E-state index contributed by atoms with van der Waals surface area (Å²) in [5.74, 6) is -0.433. The highest BCUT2D eigenvalue weighted by Gasteiger charge is 2.20. The number of nitrogens with one attached hydrogen (secondary N) is 1. The van der Waals surface area contributed by atoms with Gasteiger partial charge in [0, 0.05) is 23.2 Å². The Morgan fingerprint density at radius 3 is 2.70 bits per heavy atom. The van der Waals surface area contributed by atoms with E-state index in [1.807, 2.05) is 19.1 Å². The normalized spacial score (nSPS) is 10.6. The van der Waals surface area contributed by atoms with Crippen molar-refractivity contribution in [3.63, 3.8) is 0 Å². The number of carbonyl (C=O) groups excluding carboxylic acids is 1. The van der Waals surface area contributed by atoms with E-state index in [1.54, 1.807) is 23.7 Å². The summed E-state index contributed by atoms with van der Waals surface area (Å²) in [6, 6.07) is 9.85. The molecule has 0 fully saturated rings. The van der Waals surface area contributed by atoms with Gasteiger partial charge in [-0.05, 0) is 64.4 Å². The highest BCUT2D eigenvalue weighted by atomic mass is 79.9. The van der Waals surface area contributed by atoms with Crippen LogP contribution in [-0.4, -0.2) is 25.6 Å². The summed E-state index contributed by atoms with van der Waals surface area (Å²) in [5, 5.41) is 22.4. The molecule has 3 rings (SSSR count). The van der Waals surface area contributed by atoms with Gasteiger partial charge < -0.3 is 9.88 Å². The van der Waals surface area contributed by atoms with Gasteiger partial charge >= 0.3 is 0 Å². The van der Waals surface area contributed by atoms with E-state index < -0.39 is 10.8 Å². The number of hydrogen-bond acceptors (Lipinski definition) is 6. The zero-order valence-corrected chi connectivity index (χ0v) is 16.7. The predicted molar refractivity (Wildman–Crippen MR) is 105 cm³/mol. The van der Waals surface area contributed by atoms with Gasteiger partial charge in [0.2, 0.25) is 0 Å². The molecule has 1 N–H and O–H groups in total. The number of aryl methyl sites for hydroxylation is 2. The minimum Gasteiger partial charge on any atom is -0.321 e. The van der Waals surface area contributed by atoms with Crippen molar-refractivity contribution in [3.05, 3.63) is 68.4 Å². The maximum Gasteiger partial charge on any atom is 0.284 e. The number of aromatic nitrogens is 3. The Bertz CT molecular complexity index is 1040. The van der Waals surface area contributed by atoms with Crippen LogP contribution in [0.4, 0.5) is 11.4 Å². The van der Waals surface area contributed by atoms with E-state index in [-0.39, 0.29) is 11.3 Å². The Morgan fingerprint density at radius 1 is 1.30 bits per heavy atom. The lowest BCUT2D eigenvalue weighted by Crippen LogP contribution is -2.12. The van der Waals surface area contributed by atoms with Gasteiger partial charge in [-0.1, -0.05) is 6.07 Å². The third kappa shape index (κ3) is 4.34. The molecule has 1 heterocycles. The van der Waals surface area contributed by atoms with Gasteiger partial charge in [-0.25, -0.2) is 0 Å². The van der Waals surface area contributed by atoms with Gasteiger partial charge in [0.05, 0.1) is 15.5 Å². The average Bonchev–Trinajstić information content (AvgIpc) is 3.02. The first-order chi connectivity index (χ1) is 12.8. The molecule has 0 unspecified atom stereocenters. The molecule has 8 nitrogen and oxygen atoms in total. The standard InChI is InChI=1S/C17H14BrN5O3S/c1-10-3-5-13(12(18)7-10)20-16(24)11-4-6-15(14(8-11)23(25)26)27-17-21-19-9-22(17)2/h3-9H,1-2H3,(H,20,24). The van der Waals surface area contributed by atoms with E-state index >= 15 is 0 Å². The maximum absolute atomic E-state index is 12.5. The molecule has 0 atom stereocenters. The fourth-order valence-electron chi connectivity index (χ4n) is 2.27. The molecule has 0 bridgehead atoms. The molecule has 0 aliphatic carbocycles. The molecular formula is C17H14BrN5O3S. The zero-order valence-electron chi connectivity index (χ0n) is 14.3. The number of rotatable bonds is 5. The Morgan fingerprint density at radius 2 is 2.07 bits per heavy atom. The monoisotopic (exact) mass is 447 g/mol. The molecule has 0 aliphatic heterocycles. The molecule has 3 aromatic rings. The minimum absolute atomic E-state index is 0.168. The minimum atomic E-state index is -0.517. The lowest BCUT2D eigenvalue weighted by atomic mass is 10.1. The molecule has 1 aromatic heterocycles. The van der Waals surface area contributed by atoms with Gasteiger partial charge in [0.15, 0.2) is 5.16 Å². The average molecular weight is 448 g/mol. The summed E-state index contributed by atoms with van der Waals surface area (Å²) in [5.41, 5.74) is 1.65. The van der Waals surface area contributed by atoms with Gasteiger partial charge in [0.1, 0.15) is 6.33 Å². The summed E-state index contributed by atoms with van der Waals surface area (Å²) in [4.78, 5) is 23.9. The number of nitro benzene ring substituents is 1. The first kappa shape index (κ1) is 19.1. The van der Waals surface area contributed by atoms with Crippen molar-refractivity contribution in [2.24, 2.45) is 7.05 Å². The number of amides is 1. The molecule has 0 aliphatic rings. The molecule has 0 saturated carbocycles. The fraction of sp³-hybridized carbons (Fsp3) is 0.118. The van der Waals surface area contributed by atoms with Crippen LogP contribution in [0, 0.1) is 17.0 Å². The molecule has 0 saturated heterocycles. The Kier molecular flexibility index (Phi) is 5.57. The highest BCUT2D eigenvalue weighted by molar-refractivity contribution is 9.10. The van der Waals surface area contributed by atoms with Crippen LogP contribution >= 0.6 is 27.7 Å². The summed E-state index contributed by atoms with van der Waals surface area (Å²) in [6.07, 6.45) is 1.51. The number of anilines is 1. The van der Waals surface area contributed by atoms with Gasteiger partial charge in [-0.3, -0.25) is 14.9 Å². The van der Waals surface area contributed by atoms with Gasteiger partial charge in [-0.2, -0.15) is 0 Å². The number of hydrogen-bond donors (Lipinski definition) is 1. The summed E-state index contributed by atoms with van der Waals surface area (Å²) < 4.78 is 2.39. The molecule has 10 heteroatoms. The quantitative estimate of drug-likeness (QED) is 0.464. The second kappa shape index (κ2) is 7.89. The van der Waals surface area contributed by atoms with Gasteiger partial charge in [-0.15, -0.1) is 10.2 Å². The van der Waals surface area contributed by atoms with E-state index in [0.29, 0.717) is 15.7 Å². The Balaban J connectivity index is 1.88. The fourth-order valence-corrected chi connectivity index (χ4v) is 3.71. The molecule has 138 valence electrons. The van der Waals surface area contributed by atoms with Crippen LogP contribution in [0.15, 0.2) is 57.3 Å². The van der Waals surface area contributed by atoms with Crippen LogP contribution in [-0.2, 0) is 7.05 Å². The van der Waals surface area contributed by atoms with Crippen molar-refractivity contribution >= 4 is 45.0 Å². The smallest absolute Gasteiger partial charge is 0.284 e. The van der Waals surface area contributed by atoms with E-state index in [4.69, 9.17) is 0 Å². The number of carbonyl (C=O) groups is 1. The SMILES string of the molecule is Cc1ccc(NC(=O)c2ccc(Sc3nncn3C)c([N+](=O)[O-])c2)c(Br)c1. The number of nitrogens with zero attached hydrogens (tertiary/aromatic N) is 4. The molecule has 2 aromatic carbocycles. The topological polar surface area (TPSA) is 103 Å². The number of nitro groups is 1. The first-order valence-electron chi connectivity index (χ1n) is 7.73. The van der Waals surface area contributed by atoms with Crippen molar-refractivity contribution in [2.45, 2.75) is 17.0 Å². The van der Waals surface area contributed by atoms with Crippen LogP contribution in [0.2, 0.25) is 0 Å². The molecule has 1 amide bonds. The molecular weight excluding hydrogens is 434 g/mol. The van der Waals surface area contributed by atoms with Crippen LogP contribution in [0.5, 0.6) is 0 Å². The lowest BCUT2D eigenvalue weighted by Gasteiger charge is -2.09. The predicted octanol–water partition coefficient (Wildman–Crippen LogP) is 4.20. The second-order valence-corrected chi connectivity index (χ2v) is 7.57. The molecule has 0 radical (unpaired) electrons. The lowest BCUT2D eigenvalue weighted by molar-refractivity contribution is -0.387. The van der Waals surface area contributed by atoms with Crippen LogP contribution < -0.4 is 5.32 Å². The summed E-state index contributed by atoms with van der Waals surface area (Å²) >= 11 is 4.51. The number of benzene rings is 2. The highest BCUT2D eigenvalue weighted by Crippen LogP contribution is 2.34. The van der Waals surface area contributed by atoms with Crippen molar-refractivity contribution < 1.29 is 9.72 Å². The van der Waals surface area contributed by atoms with Crippen LogP contribution in [0.25, 0.3) is 0 Å². The van der Waals surface area contributed by atoms with E-state index in [2.05, 4.69) is 31.4 Å². The largest absolute Gasteiger partial charge is 0.321 e. The maximum atomic E-state index is 12.5. The van der Waals surface area contributed by atoms with E-state index in [1.165, 1.54) is 18.5 Å². The van der Waals surface area contributed by atoms with Crippen molar-refractivity contribution in [1.82, 2.24) is 14.8 Å². The van der Waals surface area contributed by atoms with Crippen molar-refractivity contribution in [3.8, 4) is 0 Å². The zero-order chi connectivity index (χ0) is 19.6. The van der Waals surface area contributed by atoms with Crippen LogP contribution in [0.1, 0.15) is 15.9 Å². The third-order valence-electron chi connectivity index (χ3n) is 3.66. The Hall–Kier alpha value is -2.72. The summed E-state index contributed by atoms with van der Waals surface area (Å²) in [6.45, 7) is 1.94. The molecule has 27 heavy (non-hydrogen) atoms.